The zero-order chi connectivity index (χ0) is 83.5. The van der Waals surface area contributed by atoms with Crippen LogP contribution in [0.3, 0.4) is 0 Å². The maximum atomic E-state index is 13.9. The first-order valence-corrected chi connectivity index (χ1v) is 42.0. The summed E-state index contributed by atoms with van der Waals surface area (Å²) in [5, 5.41) is 38.5. The lowest BCUT2D eigenvalue weighted by atomic mass is 9.92. The number of amidine groups is 4. The molecule has 22 heteroatoms. The molecule has 0 atom stereocenters. The van der Waals surface area contributed by atoms with E-state index in [0.29, 0.717) is 32.6 Å². The Morgan fingerprint density at radius 1 is 0.356 bits per heavy atom. The lowest BCUT2D eigenvalue weighted by Gasteiger charge is -2.39. The van der Waals surface area contributed by atoms with Crippen molar-refractivity contribution in [3.05, 3.63) is 258 Å². The smallest absolute Gasteiger partial charge is 0.310 e. The van der Waals surface area contributed by atoms with Gasteiger partial charge in [0, 0.05) is 184 Å². The molecule has 118 heavy (non-hydrogen) atoms. The topological polar surface area (TPSA) is 225 Å². The van der Waals surface area contributed by atoms with E-state index in [2.05, 4.69) is 158 Å². The molecule has 17 rings (SSSR count). The molecule has 8 aromatic rings. The highest BCUT2D eigenvalue weighted by Crippen LogP contribution is 2.47. The molecule has 0 aromatic heterocycles. The number of aliphatic imine (C=N–C) groups is 4. The second kappa shape index (κ2) is 35.3. The van der Waals surface area contributed by atoms with Gasteiger partial charge in [0.2, 0.25) is 0 Å². The van der Waals surface area contributed by atoms with Gasteiger partial charge in [-0.3, -0.25) is 38.8 Å². The summed E-state index contributed by atoms with van der Waals surface area (Å²) < 4.78 is 13.9. The first-order chi connectivity index (χ1) is 56.3. The maximum absolute atomic E-state index is 13.9. The molecule has 5 fully saturated rings. The highest BCUT2D eigenvalue weighted by molar-refractivity contribution is 6.30. The number of hydrogen-bond acceptors (Lipinski definition) is 16. The monoisotopic (exact) mass is 1610 g/mol. The standard InChI is InChI=1S/C25H29N3O2.C25H31N3O2.C23H26ClN3O2.C23H26FN3O2/c1-17-3-5-21-19(13-17)15-20-14-18(2)4-6-22(20)26-23(21)28-11-9-27(10-12-28)16-25(7-8-25)24(29)30;1-17-5-7-21-19(13-17)15-20-14-18(2)6-8-22(20)26-23(21)28-11-9-27(10-12-28)16-25(3,4)24(29)30;2*1-23(2,22(28)29)15-26-9-11-27(12-10-26)21-19-8-7-18(24)14-17(19)13-16-5-3-4-6-20(16)25-21/h3-6,13-14H,7-12,15-16H2,1-2H3,(H,29,30);5-8,13-14H,9-12,15-16H2,1-4H3,(H,29,30);2*3-8,14H,9-13,15H2,1-2H3,(H,28,29). The summed E-state index contributed by atoms with van der Waals surface area (Å²) in [6.07, 6.45) is 4.90. The molecule has 0 amide bonds. The van der Waals surface area contributed by atoms with Gasteiger partial charge in [-0.15, -0.1) is 0 Å². The van der Waals surface area contributed by atoms with Crippen molar-refractivity contribution in [2.75, 3.05) is 131 Å². The Morgan fingerprint density at radius 3 is 0.992 bits per heavy atom. The van der Waals surface area contributed by atoms with Crippen LogP contribution in [0.1, 0.15) is 143 Å². The van der Waals surface area contributed by atoms with Gasteiger partial charge in [0.25, 0.3) is 0 Å². The fourth-order valence-electron chi connectivity index (χ4n) is 17.3. The number of hydrogen-bond donors (Lipinski definition) is 4. The van der Waals surface area contributed by atoms with Crippen LogP contribution in [-0.2, 0) is 44.9 Å². The summed E-state index contributed by atoms with van der Waals surface area (Å²) in [5.41, 5.74) is 20.6. The predicted molar refractivity (Wildman–Crippen MR) is 467 cm³/mol. The molecule has 8 aliphatic heterocycles. The average molecular weight is 1620 g/mol. The number of carbonyl (C=O) groups is 4. The van der Waals surface area contributed by atoms with Crippen LogP contribution in [0.2, 0.25) is 5.02 Å². The molecule has 4 saturated heterocycles. The van der Waals surface area contributed by atoms with Crippen LogP contribution in [0.4, 0.5) is 27.1 Å². The SMILES string of the molecule is CC(C)(CN1CCN(C2=Nc3ccccc3Cc3cc(Cl)ccc32)CC1)C(=O)O.CC(C)(CN1CCN(C2=Nc3ccccc3Cc3cc(F)ccc32)CC1)C(=O)O.Cc1ccc2c(c1)Cc1cc(C)ccc1C(N1CCN(CC(C)(C)C(=O)O)CC1)=N2.Cc1ccc2c(c1)Cc1cc(C)ccc1C(N1CCN(CC3(C(=O)O)CC3)CC1)=N2. The third-order valence-electron chi connectivity index (χ3n) is 24.6. The van der Waals surface area contributed by atoms with Crippen molar-refractivity contribution >= 4 is 81.6 Å². The molecule has 1 aliphatic carbocycles. The third-order valence-corrected chi connectivity index (χ3v) is 24.9. The van der Waals surface area contributed by atoms with Gasteiger partial charge >= 0.3 is 23.9 Å². The van der Waals surface area contributed by atoms with Crippen LogP contribution in [0.25, 0.3) is 0 Å². The van der Waals surface area contributed by atoms with E-state index in [1.54, 1.807) is 47.6 Å². The molecule has 0 radical (unpaired) electrons. The second-order valence-corrected chi connectivity index (χ2v) is 36.0. The van der Waals surface area contributed by atoms with Crippen molar-refractivity contribution < 1.29 is 44.0 Å². The van der Waals surface area contributed by atoms with Gasteiger partial charge in [-0.2, -0.15) is 0 Å². The minimum absolute atomic E-state index is 0.233. The molecule has 0 spiro atoms. The van der Waals surface area contributed by atoms with E-state index in [-0.39, 0.29) is 5.82 Å². The lowest BCUT2D eigenvalue weighted by Crippen LogP contribution is -2.52. The number of halogens is 2. The molecule has 8 heterocycles. The highest BCUT2D eigenvalue weighted by atomic mass is 35.5. The number of nitrogens with zero attached hydrogens (tertiary/aromatic N) is 12. The number of piperazine rings is 4. The van der Waals surface area contributed by atoms with Crippen molar-refractivity contribution in [2.24, 2.45) is 41.6 Å². The van der Waals surface area contributed by atoms with Crippen LogP contribution in [-0.4, -0.2) is 238 Å². The van der Waals surface area contributed by atoms with Gasteiger partial charge < -0.3 is 40.0 Å². The number of benzene rings is 8. The number of aliphatic carboxylic acids is 4. The minimum atomic E-state index is -0.777. The third kappa shape index (κ3) is 19.6. The van der Waals surface area contributed by atoms with E-state index in [0.717, 1.165) is 210 Å². The predicted octanol–water partition coefficient (Wildman–Crippen LogP) is 15.4. The van der Waals surface area contributed by atoms with Crippen molar-refractivity contribution in [2.45, 2.75) is 108 Å². The zero-order valence-corrected chi connectivity index (χ0v) is 70.7. The van der Waals surface area contributed by atoms with E-state index in [1.807, 2.05) is 54.6 Å². The van der Waals surface area contributed by atoms with Crippen molar-refractivity contribution in [3.8, 4) is 0 Å². The van der Waals surface area contributed by atoms with Crippen LogP contribution in [0.15, 0.2) is 178 Å². The van der Waals surface area contributed by atoms with Gasteiger partial charge in [0.1, 0.15) is 29.2 Å². The maximum Gasteiger partial charge on any atom is 0.310 e. The molecule has 9 aliphatic rings. The first-order valence-electron chi connectivity index (χ1n) is 41.6. The Balaban J connectivity index is 0.000000129. The van der Waals surface area contributed by atoms with Crippen molar-refractivity contribution in [1.82, 2.24) is 39.2 Å². The molecule has 618 valence electrons. The Morgan fingerprint density at radius 2 is 0.644 bits per heavy atom. The molecule has 0 unspecified atom stereocenters. The lowest BCUT2D eigenvalue weighted by molar-refractivity contribution is -0.149. The summed E-state index contributed by atoms with van der Waals surface area (Å²) in [6, 6.07) is 53.7. The van der Waals surface area contributed by atoms with E-state index in [1.165, 1.54) is 72.8 Å². The second-order valence-electron chi connectivity index (χ2n) is 35.6. The van der Waals surface area contributed by atoms with Crippen molar-refractivity contribution in [3.63, 3.8) is 0 Å². The Bertz CT molecular complexity index is 4940. The number of aryl methyl sites for hydroxylation is 4. The minimum Gasteiger partial charge on any atom is -0.481 e. The normalized spacial score (nSPS) is 17.9. The van der Waals surface area contributed by atoms with Crippen LogP contribution in [0, 0.1) is 55.2 Å². The largest absolute Gasteiger partial charge is 0.481 e. The summed E-state index contributed by atoms with van der Waals surface area (Å²) in [7, 11) is 0. The van der Waals surface area contributed by atoms with Gasteiger partial charge in [-0.25, -0.2) is 24.4 Å². The van der Waals surface area contributed by atoms with Crippen LogP contribution < -0.4 is 0 Å². The van der Waals surface area contributed by atoms with E-state index in [4.69, 9.17) is 31.6 Å². The number of para-hydroxylation sites is 2. The molecule has 8 aromatic carbocycles. The molecular weight excluding hydrogens is 1500 g/mol. The summed E-state index contributed by atoms with van der Waals surface area (Å²) in [5.74, 6) is 0.833. The van der Waals surface area contributed by atoms with Crippen LogP contribution in [0.5, 0.6) is 0 Å². The van der Waals surface area contributed by atoms with E-state index >= 15 is 0 Å². The number of carboxylic acids is 4. The van der Waals surface area contributed by atoms with Gasteiger partial charge in [-0.1, -0.05) is 131 Å². The van der Waals surface area contributed by atoms with Crippen molar-refractivity contribution in [1.29, 1.82) is 0 Å². The summed E-state index contributed by atoms with van der Waals surface area (Å²) in [6.45, 7) is 34.8. The molecule has 1 saturated carbocycles. The van der Waals surface area contributed by atoms with Gasteiger partial charge in [0.15, 0.2) is 0 Å². The van der Waals surface area contributed by atoms with E-state index in [9.17, 15) is 44.0 Å². The highest BCUT2D eigenvalue weighted by Gasteiger charge is 2.51. The quantitative estimate of drug-likeness (QED) is 0.0892. The Labute approximate surface area is 698 Å². The fourth-order valence-corrected chi connectivity index (χ4v) is 17.5. The summed E-state index contributed by atoms with van der Waals surface area (Å²) in [4.78, 5) is 84.6. The summed E-state index contributed by atoms with van der Waals surface area (Å²) >= 11 is 6.29. The molecule has 0 bridgehead atoms. The van der Waals surface area contributed by atoms with Gasteiger partial charge in [0.05, 0.1) is 44.4 Å². The Hall–Kier alpha value is -10.4. The Kier molecular flexibility index (Phi) is 25.1. The number of fused-ring (bicyclic) bond motifs is 8. The fraction of sp³-hybridized carbons (Fsp3) is 0.417. The molecule has 4 N–H and O–H groups in total. The zero-order valence-electron chi connectivity index (χ0n) is 69.9. The number of carboxylic acid groups (broad SMARTS) is 4. The molecule has 20 nitrogen and oxygen atoms in total. The van der Waals surface area contributed by atoms with E-state index < -0.39 is 45.5 Å². The average Bonchev–Trinajstić information content (AvgIpc) is 1.60. The van der Waals surface area contributed by atoms with Gasteiger partial charge in [-0.05, 0) is 187 Å². The number of rotatable bonds is 12. The first kappa shape index (κ1) is 84.0. The molecular formula is C96H112ClFN12O8. The van der Waals surface area contributed by atoms with Crippen LogP contribution >= 0.6 is 11.6 Å².